The Balaban J connectivity index is 1.71. The van der Waals surface area contributed by atoms with Crippen LogP contribution in [0.2, 0.25) is 0 Å². The van der Waals surface area contributed by atoms with Crippen LogP contribution in [-0.2, 0) is 0 Å². The molecule has 0 spiro atoms. The number of para-hydroxylation sites is 1. The molecule has 158 valence electrons. The van der Waals surface area contributed by atoms with E-state index in [1.165, 1.54) is 54.5 Å². The number of aromatic amines is 1. The van der Waals surface area contributed by atoms with E-state index >= 15 is 0 Å². The summed E-state index contributed by atoms with van der Waals surface area (Å²) < 4.78 is 6.48. The van der Waals surface area contributed by atoms with Crippen LogP contribution in [0.5, 0.6) is 0 Å². The number of nitrogens with one attached hydrogen (secondary N) is 1. The quantitative estimate of drug-likeness (QED) is 0.275. The molecule has 8 aromatic rings. The van der Waals surface area contributed by atoms with Gasteiger partial charge in [0.05, 0.1) is 11.0 Å². The second-order valence-corrected chi connectivity index (χ2v) is 8.98. The Morgan fingerprint density at radius 3 is 1.88 bits per heavy atom. The van der Waals surface area contributed by atoms with Crippen molar-refractivity contribution < 1.29 is 4.42 Å². The molecule has 8 rings (SSSR count). The van der Waals surface area contributed by atoms with Crippen LogP contribution in [0, 0.1) is 0 Å². The first-order valence-electron chi connectivity index (χ1n) is 11.6. The first kappa shape index (κ1) is 17.9. The minimum Gasteiger partial charge on any atom is -0.455 e. The SMILES string of the molecule is c1ccc(-c2cc3c([nH]c4c5ccccc5c5oc6ccccc6c5c34)c3ccccc23)cc1. The van der Waals surface area contributed by atoms with Gasteiger partial charge in [-0.2, -0.15) is 0 Å². The number of rotatable bonds is 1. The van der Waals surface area contributed by atoms with Gasteiger partial charge in [0.15, 0.2) is 0 Å². The average Bonchev–Trinajstić information content (AvgIpc) is 3.48. The van der Waals surface area contributed by atoms with E-state index in [1.54, 1.807) is 0 Å². The summed E-state index contributed by atoms with van der Waals surface area (Å²) in [5.74, 6) is 0. The van der Waals surface area contributed by atoms with Crippen molar-refractivity contribution >= 4 is 65.3 Å². The van der Waals surface area contributed by atoms with Gasteiger partial charge in [-0.05, 0) is 28.6 Å². The Morgan fingerprint density at radius 1 is 0.471 bits per heavy atom. The van der Waals surface area contributed by atoms with Crippen LogP contribution < -0.4 is 0 Å². The maximum Gasteiger partial charge on any atom is 0.144 e. The van der Waals surface area contributed by atoms with Gasteiger partial charge >= 0.3 is 0 Å². The van der Waals surface area contributed by atoms with E-state index in [0.717, 1.165) is 21.9 Å². The predicted molar refractivity (Wildman–Crippen MR) is 144 cm³/mol. The summed E-state index contributed by atoms with van der Waals surface area (Å²) in [5, 5.41) is 9.62. The topological polar surface area (TPSA) is 28.9 Å². The molecule has 0 bridgehead atoms. The zero-order valence-electron chi connectivity index (χ0n) is 18.3. The number of fused-ring (bicyclic) bond motifs is 12. The van der Waals surface area contributed by atoms with Gasteiger partial charge < -0.3 is 9.40 Å². The van der Waals surface area contributed by atoms with Gasteiger partial charge in [0.2, 0.25) is 0 Å². The highest BCUT2D eigenvalue weighted by Gasteiger charge is 2.21. The fourth-order valence-electron chi connectivity index (χ4n) is 5.73. The van der Waals surface area contributed by atoms with E-state index in [9.17, 15) is 0 Å². The molecule has 2 nitrogen and oxygen atoms in total. The number of hydrogen-bond donors (Lipinski definition) is 1. The summed E-state index contributed by atoms with van der Waals surface area (Å²) >= 11 is 0. The second kappa shape index (κ2) is 6.49. The smallest absolute Gasteiger partial charge is 0.144 e. The Hall–Kier alpha value is -4.56. The fourth-order valence-corrected chi connectivity index (χ4v) is 5.73. The maximum absolute atomic E-state index is 6.48. The second-order valence-electron chi connectivity index (χ2n) is 8.98. The lowest BCUT2D eigenvalue weighted by Crippen LogP contribution is -1.83. The van der Waals surface area contributed by atoms with Gasteiger partial charge in [-0.3, -0.25) is 0 Å². The average molecular weight is 434 g/mol. The lowest BCUT2D eigenvalue weighted by atomic mass is 9.94. The largest absolute Gasteiger partial charge is 0.455 e. The molecule has 0 atom stereocenters. The van der Waals surface area contributed by atoms with Crippen LogP contribution in [-0.4, -0.2) is 4.98 Å². The summed E-state index contributed by atoms with van der Waals surface area (Å²) in [6, 6.07) is 38.7. The Labute approximate surface area is 195 Å². The summed E-state index contributed by atoms with van der Waals surface area (Å²) in [5.41, 5.74) is 6.70. The van der Waals surface area contributed by atoms with Crippen LogP contribution in [0.4, 0.5) is 0 Å². The standard InChI is InChI=1S/C32H19NO/c1-2-10-19(11-3-1)25-18-26-28-29-24-16-8-9-17-27(24)34-32(29)23-15-7-6-14-22(23)31(28)33-30(26)21-13-5-4-12-20(21)25/h1-18,33H. The summed E-state index contributed by atoms with van der Waals surface area (Å²) in [4.78, 5) is 3.85. The molecule has 6 aromatic carbocycles. The van der Waals surface area contributed by atoms with Gasteiger partial charge in [0.25, 0.3) is 0 Å². The molecule has 0 unspecified atom stereocenters. The Morgan fingerprint density at radius 2 is 1.09 bits per heavy atom. The molecule has 0 aliphatic rings. The van der Waals surface area contributed by atoms with Crippen molar-refractivity contribution in [3.8, 4) is 11.1 Å². The first-order valence-corrected chi connectivity index (χ1v) is 11.6. The van der Waals surface area contributed by atoms with Crippen molar-refractivity contribution in [1.82, 2.24) is 4.98 Å². The lowest BCUT2D eigenvalue weighted by molar-refractivity contribution is 0.673. The third-order valence-corrected chi connectivity index (χ3v) is 7.19. The molecular weight excluding hydrogens is 414 g/mol. The van der Waals surface area contributed by atoms with Crippen LogP contribution in [0.1, 0.15) is 0 Å². The zero-order chi connectivity index (χ0) is 22.2. The van der Waals surface area contributed by atoms with E-state index in [-0.39, 0.29) is 0 Å². The molecule has 0 radical (unpaired) electrons. The number of hydrogen-bond acceptors (Lipinski definition) is 1. The van der Waals surface area contributed by atoms with Gasteiger partial charge in [-0.1, -0.05) is 97.1 Å². The Bertz CT molecular complexity index is 2060. The maximum atomic E-state index is 6.48. The van der Waals surface area contributed by atoms with Gasteiger partial charge in [0.1, 0.15) is 11.2 Å². The number of aromatic nitrogens is 1. The first-order chi connectivity index (χ1) is 16.9. The zero-order valence-corrected chi connectivity index (χ0v) is 18.3. The van der Waals surface area contributed by atoms with E-state index in [2.05, 4.69) is 108 Å². The lowest BCUT2D eigenvalue weighted by Gasteiger charge is -2.09. The molecule has 0 aliphatic heterocycles. The number of H-pyrrole nitrogens is 1. The Kier molecular flexibility index (Phi) is 3.42. The summed E-state index contributed by atoms with van der Waals surface area (Å²) in [7, 11) is 0. The molecule has 0 fully saturated rings. The van der Waals surface area contributed by atoms with Crippen molar-refractivity contribution in [2.45, 2.75) is 0 Å². The molecule has 0 saturated carbocycles. The summed E-state index contributed by atoms with van der Waals surface area (Å²) in [6.07, 6.45) is 0. The molecule has 0 aliphatic carbocycles. The minimum atomic E-state index is 0.925. The van der Waals surface area contributed by atoms with Gasteiger partial charge in [-0.25, -0.2) is 0 Å². The van der Waals surface area contributed by atoms with Gasteiger partial charge in [0, 0.05) is 37.7 Å². The third-order valence-electron chi connectivity index (χ3n) is 7.19. The normalized spacial score (nSPS) is 12.1. The highest BCUT2D eigenvalue weighted by molar-refractivity contribution is 6.37. The highest BCUT2D eigenvalue weighted by atomic mass is 16.3. The monoisotopic (exact) mass is 433 g/mol. The summed E-state index contributed by atoms with van der Waals surface area (Å²) in [6.45, 7) is 0. The van der Waals surface area contributed by atoms with Crippen LogP contribution in [0.3, 0.4) is 0 Å². The highest BCUT2D eigenvalue weighted by Crippen LogP contribution is 2.46. The van der Waals surface area contributed by atoms with Crippen LogP contribution in [0.25, 0.3) is 76.4 Å². The molecule has 0 amide bonds. The molecular formula is C32H19NO. The molecule has 2 heterocycles. The van der Waals surface area contributed by atoms with E-state index in [1.807, 2.05) is 6.07 Å². The molecule has 34 heavy (non-hydrogen) atoms. The third kappa shape index (κ3) is 2.24. The van der Waals surface area contributed by atoms with Crippen molar-refractivity contribution in [2.24, 2.45) is 0 Å². The van der Waals surface area contributed by atoms with Crippen molar-refractivity contribution in [1.29, 1.82) is 0 Å². The molecule has 0 saturated heterocycles. The number of benzene rings is 6. The van der Waals surface area contributed by atoms with Crippen molar-refractivity contribution in [3.63, 3.8) is 0 Å². The molecule has 1 N–H and O–H groups in total. The van der Waals surface area contributed by atoms with Gasteiger partial charge in [-0.15, -0.1) is 0 Å². The predicted octanol–water partition coefficient (Wildman–Crippen LogP) is 9.19. The fraction of sp³-hybridized carbons (Fsp3) is 0. The van der Waals surface area contributed by atoms with Crippen LogP contribution in [0.15, 0.2) is 114 Å². The van der Waals surface area contributed by atoms with Crippen molar-refractivity contribution in [3.05, 3.63) is 109 Å². The minimum absolute atomic E-state index is 0.925. The van der Waals surface area contributed by atoms with E-state index < -0.39 is 0 Å². The van der Waals surface area contributed by atoms with Crippen LogP contribution >= 0.6 is 0 Å². The molecule has 2 heteroatoms. The number of furan rings is 1. The molecule has 2 aromatic heterocycles. The van der Waals surface area contributed by atoms with E-state index in [0.29, 0.717) is 0 Å². The van der Waals surface area contributed by atoms with E-state index in [4.69, 9.17) is 4.42 Å². The van der Waals surface area contributed by atoms with Crippen molar-refractivity contribution in [2.75, 3.05) is 0 Å².